The van der Waals surface area contributed by atoms with Crippen LogP contribution in [0.3, 0.4) is 0 Å². The van der Waals surface area contributed by atoms with Crippen LogP contribution in [-0.4, -0.2) is 18.1 Å². The van der Waals surface area contributed by atoms with Gasteiger partial charge >= 0.3 is 5.97 Å². The van der Waals surface area contributed by atoms with Crippen LogP contribution in [0.5, 0.6) is 0 Å². The van der Waals surface area contributed by atoms with Crippen molar-refractivity contribution in [1.29, 1.82) is 0 Å². The minimum Gasteiger partial charge on any atom is -0.465 e. The lowest BCUT2D eigenvalue weighted by molar-refractivity contribution is 0.0601. The number of ether oxygens (including phenoxy) is 1. The molecule has 0 atom stereocenters. The van der Waals surface area contributed by atoms with Crippen molar-refractivity contribution in [3.8, 4) is 0 Å². The minimum absolute atomic E-state index is 0.394. The maximum atomic E-state index is 11.4. The summed E-state index contributed by atoms with van der Waals surface area (Å²) in [5.74, 6) is -0.394. The summed E-state index contributed by atoms with van der Waals surface area (Å²) in [5.41, 5.74) is 8.39. The van der Waals surface area contributed by atoms with E-state index in [2.05, 4.69) is 9.72 Å². The second-order valence-electron chi connectivity index (χ2n) is 3.58. The van der Waals surface area contributed by atoms with E-state index in [0.717, 1.165) is 11.1 Å². The van der Waals surface area contributed by atoms with Crippen LogP contribution in [0.15, 0.2) is 24.3 Å². The van der Waals surface area contributed by atoms with Crippen molar-refractivity contribution in [2.75, 3.05) is 12.8 Å². The number of methoxy groups -OCH3 is 1. The van der Waals surface area contributed by atoms with Crippen LogP contribution in [0.1, 0.15) is 16.1 Å². The summed E-state index contributed by atoms with van der Waals surface area (Å²) < 4.78 is 4.65. The van der Waals surface area contributed by atoms with E-state index in [1.165, 1.54) is 7.11 Å². The second-order valence-corrected chi connectivity index (χ2v) is 3.58. The van der Waals surface area contributed by atoms with Gasteiger partial charge in [-0.15, -0.1) is 0 Å². The molecule has 82 valence electrons. The first-order valence-corrected chi connectivity index (χ1v) is 4.87. The van der Waals surface area contributed by atoms with Gasteiger partial charge < -0.3 is 10.5 Å². The molecule has 1 heterocycles. The molecular formula is C12H12N2O2. The smallest absolute Gasteiger partial charge is 0.337 e. The van der Waals surface area contributed by atoms with Crippen LogP contribution in [-0.2, 0) is 4.74 Å². The maximum absolute atomic E-state index is 11.4. The van der Waals surface area contributed by atoms with Crippen molar-refractivity contribution >= 4 is 22.6 Å². The number of rotatable bonds is 1. The van der Waals surface area contributed by atoms with Crippen LogP contribution in [0, 0.1) is 6.92 Å². The number of fused-ring (bicyclic) bond motifs is 1. The summed E-state index contributed by atoms with van der Waals surface area (Å²) in [6.07, 6.45) is 0. The first-order valence-electron chi connectivity index (χ1n) is 4.87. The Morgan fingerprint density at radius 2 is 2.12 bits per heavy atom. The number of hydrogen-bond acceptors (Lipinski definition) is 4. The predicted octanol–water partition coefficient (Wildman–Crippen LogP) is 1.91. The molecule has 16 heavy (non-hydrogen) atoms. The standard InChI is InChI=1S/C12H12N2O2/c1-7-3-4-8-5-9(12(15)16-2)6-10(13)11(8)14-7/h3-6H,13H2,1-2H3. The van der Waals surface area contributed by atoms with E-state index in [1.54, 1.807) is 12.1 Å². The van der Waals surface area contributed by atoms with Crippen molar-refractivity contribution in [2.45, 2.75) is 6.92 Å². The van der Waals surface area contributed by atoms with E-state index in [9.17, 15) is 4.79 Å². The first-order chi connectivity index (χ1) is 7.61. The molecule has 0 saturated carbocycles. The Morgan fingerprint density at radius 3 is 2.81 bits per heavy atom. The van der Waals surface area contributed by atoms with Crippen LogP contribution < -0.4 is 5.73 Å². The summed E-state index contributed by atoms with van der Waals surface area (Å²) in [6.45, 7) is 1.90. The minimum atomic E-state index is -0.394. The first kappa shape index (κ1) is 10.4. The van der Waals surface area contributed by atoms with E-state index in [0.29, 0.717) is 16.8 Å². The molecule has 0 aliphatic rings. The molecule has 0 aliphatic heterocycles. The van der Waals surface area contributed by atoms with Gasteiger partial charge in [0.2, 0.25) is 0 Å². The quantitative estimate of drug-likeness (QED) is 0.584. The van der Waals surface area contributed by atoms with E-state index in [4.69, 9.17) is 5.73 Å². The summed E-state index contributed by atoms with van der Waals surface area (Å²) in [7, 11) is 1.34. The second kappa shape index (κ2) is 3.81. The Kier molecular flexibility index (Phi) is 2.48. The molecule has 4 nitrogen and oxygen atoms in total. The van der Waals surface area contributed by atoms with E-state index < -0.39 is 5.97 Å². The fourth-order valence-electron chi connectivity index (χ4n) is 1.60. The summed E-state index contributed by atoms with van der Waals surface area (Å²) >= 11 is 0. The topological polar surface area (TPSA) is 65.2 Å². The van der Waals surface area contributed by atoms with Crippen molar-refractivity contribution in [1.82, 2.24) is 4.98 Å². The van der Waals surface area contributed by atoms with Gasteiger partial charge in [-0.1, -0.05) is 6.07 Å². The monoisotopic (exact) mass is 216 g/mol. The Labute approximate surface area is 93.0 Å². The highest BCUT2D eigenvalue weighted by Gasteiger charge is 2.09. The van der Waals surface area contributed by atoms with Crippen LogP contribution >= 0.6 is 0 Å². The lowest BCUT2D eigenvalue weighted by Crippen LogP contribution is -2.03. The molecule has 4 heteroatoms. The van der Waals surface area contributed by atoms with Crippen LogP contribution in [0.4, 0.5) is 5.69 Å². The highest BCUT2D eigenvalue weighted by Crippen LogP contribution is 2.22. The highest BCUT2D eigenvalue weighted by atomic mass is 16.5. The number of nitrogens with zero attached hydrogens (tertiary/aromatic N) is 1. The number of nitrogen functional groups attached to an aromatic ring is 1. The fraction of sp³-hybridized carbons (Fsp3) is 0.167. The summed E-state index contributed by atoms with van der Waals surface area (Å²) in [4.78, 5) is 15.7. The summed E-state index contributed by atoms with van der Waals surface area (Å²) in [6, 6.07) is 7.08. The number of anilines is 1. The van der Waals surface area contributed by atoms with Gasteiger partial charge in [0, 0.05) is 11.1 Å². The molecular weight excluding hydrogens is 204 g/mol. The van der Waals surface area contributed by atoms with Crippen molar-refractivity contribution < 1.29 is 9.53 Å². The van der Waals surface area contributed by atoms with Gasteiger partial charge in [-0.25, -0.2) is 4.79 Å². The van der Waals surface area contributed by atoms with E-state index >= 15 is 0 Å². The Hall–Kier alpha value is -2.10. The number of esters is 1. The highest BCUT2D eigenvalue weighted by molar-refractivity contribution is 5.99. The van der Waals surface area contributed by atoms with Crippen molar-refractivity contribution in [2.24, 2.45) is 0 Å². The Morgan fingerprint density at radius 1 is 1.38 bits per heavy atom. The molecule has 2 aromatic rings. The zero-order chi connectivity index (χ0) is 11.7. The van der Waals surface area contributed by atoms with Crippen molar-refractivity contribution in [3.05, 3.63) is 35.5 Å². The van der Waals surface area contributed by atoms with Gasteiger partial charge in [0.05, 0.1) is 23.9 Å². The Bertz CT molecular complexity index is 564. The predicted molar refractivity (Wildman–Crippen MR) is 62.2 cm³/mol. The van der Waals surface area contributed by atoms with E-state index in [-0.39, 0.29) is 0 Å². The lowest BCUT2D eigenvalue weighted by atomic mass is 10.1. The van der Waals surface area contributed by atoms with Crippen molar-refractivity contribution in [3.63, 3.8) is 0 Å². The molecule has 2 rings (SSSR count). The zero-order valence-electron chi connectivity index (χ0n) is 9.15. The van der Waals surface area contributed by atoms with E-state index in [1.807, 2.05) is 19.1 Å². The Balaban J connectivity index is 2.68. The molecule has 0 radical (unpaired) electrons. The largest absolute Gasteiger partial charge is 0.465 e. The normalized spacial score (nSPS) is 10.4. The fourth-order valence-corrected chi connectivity index (χ4v) is 1.60. The molecule has 0 bridgehead atoms. The van der Waals surface area contributed by atoms with Gasteiger partial charge in [-0.2, -0.15) is 0 Å². The van der Waals surface area contributed by atoms with Gasteiger partial charge in [0.1, 0.15) is 0 Å². The van der Waals surface area contributed by atoms with Crippen LogP contribution in [0.25, 0.3) is 10.9 Å². The lowest BCUT2D eigenvalue weighted by Gasteiger charge is -2.05. The number of carbonyl (C=O) groups is 1. The average Bonchev–Trinajstić information content (AvgIpc) is 2.28. The van der Waals surface area contributed by atoms with Gasteiger partial charge in [-0.05, 0) is 25.1 Å². The average molecular weight is 216 g/mol. The number of pyridine rings is 1. The maximum Gasteiger partial charge on any atom is 0.337 e. The van der Waals surface area contributed by atoms with Crippen LogP contribution in [0.2, 0.25) is 0 Å². The molecule has 0 unspecified atom stereocenters. The summed E-state index contributed by atoms with van der Waals surface area (Å²) in [5, 5.41) is 0.839. The molecule has 0 spiro atoms. The number of nitrogens with two attached hydrogens (primary N) is 1. The molecule has 0 saturated heterocycles. The number of aromatic nitrogens is 1. The molecule has 2 N–H and O–H groups in total. The van der Waals surface area contributed by atoms with Gasteiger partial charge in [-0.3, -0.25) is 4.98 Å². The van der Waals surface area contributed by atoms with Gasteiger partial charge in [0.15, 0.2) is 0 Å². The molecule has 1 aromatic carbocycles. The number of hydrogen-bond donors (Lipinski definition) is 1. The number of benzene rings is 1. The zero-order valence-corrected chi connectivity index (χ0v) is 9.15. The molecule has 1 aromatic heterocycles. The molecule has 0 amide bonds. The number of carbonyl (C=O) groups excluding carboxylic acids is 1. The van der Waals surface area contributed by atoms with Gasteiger partial charge in [0.25, 0.3) is 0 Å². The third-order valence-electron chi connectivity index (χ3n) is 2.38. The molecule has 0 aliphatic carbocycles. The third-order valence-corrected chi connectivity index (χ3v) is 2.38. The number of aryl methyl sites for hydroxylation is 1. The SMILES string of the molecule is COC(=O)c1cc(N)c2nc(C)ccc2c1. The molecule has 0 fully saturated rings. The third kappa shape index (κ3) is 1.69.